The van der Waals surface area contributed by atoms with Crippen molar-refractivity contribution >= 4 is 28.4 Å². The normalized spacial score (nSPS) is 10.9. The zero-order valence-electron chi connectivity index (χ0n) is 10.8. The summed E-state index contributed by atoms with van der Waals surface area (Å²) in [6, 6.07) is 3.74. The van der Waals surface area contributed by atoms with Gasteiger partial charge in [0.2, 0.25) is 5.13 Å². The van der Waals surface area contributed by atoms with Gasteiger partial charge in [0.05, 0.1) is 16.8 Å². The van der Waals surface area contributed by atoms with Gasteiger partial charge in [-0.15, -0.1) is 11.3 Å². The topological polar surface area (TPSA) is 101 Å². The monoisotopic (exact) mass is 292 g/mol. The van der Waals surface area contributed by atoms with Gasteiger partial charge in [0, 0.05) is 22.6 Å². The number of benzene rings is 1. The van der Waals surface area contributed by atoms with Crippen LogP contribution < -0.4 is 5.43 Å². The van der Waals surface area contributed by atoms with E-state index in [1.165, 1.54) is 35.8 Å². The number of hydrogen-bond donors (Lipinski definition) is 2. The van der Waals surface area contributed by atoms with Crippen molar-refractivity contribution in [2.24, 2.45) is 5.10 Å². The lowest BCUT2D eigenvalue weighted by Crippen LogP contribution is -1.93. The Bertz CT molecular complexity index is 662. The van der Waals surface area contributed by atoms with Crippen molar-refractivity contribution in [3.8, 4) is 5.75 Å². The fourth-order valence-electron chi connectivity index (χ4n) is 1.44. The molecular formula is C12H12N4O3S. The minimum absolute atomic E-state index is 0.0763. The lowest BCUT2D eigenvalue weighted by atomic mass is 10.2. The van der Waals surface area contributed by atoms with Crippen LogP contribution in [0.3, 0.4) is 0 Å². The Balaban J connectivity index is 2.14. The van der Waals surface area contributed by atoms with E-state index >= 15 is 0 Å². The van der Waals surface area contributed by atoms with Crippen LogP contribution in [0.15, 0.2) is 23.3 Å². The molecule has 0 aliphatic rings. The highest BCUT2D eigenvalue weighted by atomic mass is 32.1. The van der Waals surface area contributed by atoms with Crippen molar-refractivity contribution in [1.29, 1.82) is 0 Å². The molecule has 0 spiro atoms. The second-order valence-corrected chi connectivity index (χ2v) is 5.23. The predicted octanol–water partition coefficient (Wildman–Crippen LogP) is 2.82. The van der Waals surface area contributed by atoms with Gasteiger partial charge in [0.1, 0.15) is 5.75 Å². The third kappa shape index (κ3) is 3.09. The van der Waals surface area contributed by atoms with E-state index in [0.717, 1.165) is 10.6 Å². The number of phenolic OH excluding ortho intramolecular Hbond substituents is 1. The summed E-state index contributed by atoms with van der Waals surface area (Å²) in [6.07, 6.45) is 1.31. The number of nitro groups is 1. The number of hydrogen-bond acceptors (Lipinski definition) is 7. The first-order valence-corrected chi connectivity index (χ1v) is 6.49. The molecule has 2 rings (SSSR count). The molecule has 0 saturated heterocycles. The molecule has 1 aromatic heterocycles. The molecule has 104 valence electrons. The zero-order valence-corrected chi connectivity index (χ0v) is 11.6. The molecule has 0 amide bonds. The van der Waals surface area contributed by atoms with E-state index in [0.29, 0.717) is 5.13 Å². The van der Waals surface area contributed by atoms with Crippen LogP contribution in [0.4, 0.5) is 10.8 Å². The van der Waals surface area contributed by atoms with E-state index in [2.05, 4.69) is 15.5 Å². The molecule has 2 N–H and O–H groups in total. The van der Waals surface area contributed by atoms with Gasteiger partial charge in [-0.2, -0.15) is 5.10 Å². The van der Waals surface area contributed by atoms with Gasteiger partial charge < -0.3 is 5.11 Å². The number of aromatic nitrogens is 1. The van der Waals surface area contributed by atoms with Crippen LogP contribution in [0.2, 0.25) is 0 Å². The second-order valence-electron chi connectivity index (χ2n) is 4.03. The Labute approximate surface area is 118 Å². The number of nitrogens with one attached hydrogen (secondary N) is 1. The molecule has 0 radical (unpaired) electrons. The van der Waals surface area contributed by atoms with Gasteiger partial charge in [-0.25, -0.2) is 4.98 Å². The second kappa shape index (κ2) is 5.66. The molecule has 1 heterocycles. The van der Waals surface area contributed by atoms with Gasteiger partial charge in [-0.1, -0.05) is 0 Å². The summed E-state index contributed by atoms with van der Waals surface area (Å²) in [6.45, 7) is 3.85. The van der Waals surface area contributed by atoms with Crippen LogP contribution in [0, 0.1) is 24.0 Å². The first-order valence-electron chi connectivity index (χ1n) is 5.68. The first-order chi connectivity index (χ1) is 9.47. The largest absolute Gasteiger partial charge is 0.507 e. The summed E-state index contributed by atoms with van der Waals surface area (Å²) >= 11 is 1.46. The Hall–Kier alpha value is -2.48. The van der Waals surface area contributed by atoms with Crippen molar-refractivity contribution < 1.29 is 10.0 Å². The third-order valence-corrected chi connectivity index (χ3v) is 3.59. The third-order valence-electron chi connectivity index (χ3n) is 2.61. The lowest BCUT2D eigenvalue weighted by molar-refractivity contribution is -0.384. The SMILES string of the molecule is Cc1nc(NN=Cc2cc([N+](=O)[O-])ccc2O)sc1C. The Morgan fingerprint density at radius 2 is 2.25 bits per heavy atom. The number of anilines is 1. The standard InChI is InChI=1S/C12H12N4O3S/c1-7-8(2)20-12(14-7)15-13-6-9-5-10(16(18)19)3-4-11(9)17/h3-6,17H,1-2H3,(H,14,15). The highest BCUT2D eigenvalue weighted by Gasteiger charge is 2.08. The van der Waals surface area contributed by atoms with Crippen LogP contribution in [0.5, 0.6) is 5.75 Å². The Morgan fingerprint density at radius 1 is 1.50 bits per heavy atom. The van der Waals surface area contributed by atoms with Crippen molar-refractivity contribution in [2.45, 2.75) is 13.8 Å². The fraction of sp³-hybridized carbons (Fsp3) is 0.167. The number of phenols is 1. The molecule has 8 heteroatoms. The average Bonchev–Trinajstić information content (AvgIpc) is 2.70. The number of nitrogens with zero attached hydrogens (tertiary/aromatic N) is 3. The minimum Gasteiger partial charge on any atom is -0.507 e. The van der Waals surface area contributed by atoms with Crippen LogP contribution in [0.25, 0.3) is 0 Å². The molecule has 0 fully saturated rings. The van der Waals surface area contributed by atoms with Crippen molar-refractivity contribution in [3.63, 3.8) is 0 Å². The maximum Gasteiger partial charge on any atom is 0.270 e. The number of rotatable bonds is 4. The fourth-order valence-corrected chi connectivity index (χ4v) is 2.20. The van der Waals surface area contributed by atoms with E-state index in [9.17, 15) is 15.2 Å². The van der Waals surface area contributed by atoms with Crippen LogP contribution >= 0.6 is 11.3 Å². The smallest absolute Gasteiger partial charge is 0.270 e. The van der Waals surface area contributed by atoms with Crippen LogP contribution in [0.1, 0.15) is 16.1 Å². The quantitative estimate of drug-likeness (QED) is 0.512. The number of aryl methyl sites for hydroxylation is 2. The summed E-state index contributed by atoms with van der Waals surface area (Å²) < 4.78 is 0. The first kappa shape index (κ1) is 13.9. The highest BCUT2D eigenvalue weighted by Crippen LogP contribution is 2.22. The summed E-state index contributed by atoms with van der Waals surface area (Å²) in [4.78, 5) is 15.4. The summed E-state index contributed by atoms with van der Waals surface area (Å²) in [5.74, 6) is -0.0763. The molecule has 0 saturated carbocycles. The van der Waals surface area contributed by atoms with Gasteiger partial charge in [0.15, 0.2) is 0 Å². The van der Waals surface area contributed by atoms with Gasteiger partial charge in [-0.05, 0) is 19.9 Å². The molecular weight excluding hydrogens is 280 g/mol. The van der Waals surface area contributed by atoms with E-state index in [1.54, 1.807) is 0 Å². The van der Waals surface area contributed by atoms with Gasteiger partial charge in [-0.3, -0.25) is 15.5 Å². The zero-order chi connectivity index (χ0) is 14.7. The van der Waals surface area contributed by atoms with Crippen molar-refractivity contribution in [3.05, 3.63) is 44.4 Å². The number of hydrazone groups is 1. The van der Waals surface area contributed by atoms with E-state index < -0.39 is 4.92 Å². The molecule has 0 aliphatic heterocycles. The number of aromatic hydroxyl groups is 1. The van der Waals surface area contributed by atoms with Gasteiger partial charge >= 0.3 is 0 Å². The summed E-state index contributed by atoms with van der Waals surface area (Å²) in [5, 5.41) is 24.8. The number of thiazole rings is 1. The molecule has 1 aromatic carbocycles. The molecule has 20 heavy (non-hydrogen) atoms. The van der Waals surface area contributed by atoms with Crippen molar-refractivity contribution in [2.75, 3.05) is 5.43 Å². The molecule has 0 bridgehead atoms. The van der Waals surface area contributed by atoms with Crippen LogP contribution in [-0.4, -0.2) is 21.2 Å². The molecule has 7 nitrogen and oxygen atoms in total. The summed E-state index contributed by atoms with van der Waals surface area (Å²) in [7, 11) is 0. The van der Waals surface area contributed by atoms with E-state index in [-0.39, 0.29) is 17.0 Å². The highest BCUT2D eigenvalue weighted by molar-refractivity contribution is 7.15. The number of non-ortho nitro benzene ring substituents is 1. The Morgan fingerprint density at radius 3 is 2.85 bits per heavy atom. The van der Waals surface area contributed by atoms with Crippen LogP contribution in [-0.2, 0) is 0 Å². The van der Waals surface area contributed by atoms with Crippen molar-refractivity contribution in [1.82, 2.24) is 4.98 Å². The number of nitro benzene ring substituents is 1. The lowest BCUT2D eigenvalue weighted by Gasteiger charge is -1.98. The van der Waals surface area contributed by atoms with E-state index in [1.807, 2.05) is 13.8 Å². The summed E-state index contributed by atoms with van der Waals surface area (Å²) in [5.41, 5.74) is 3.80. The Kier molecular flexibility index (Phi) is 3.94. The van der Waals surface area contributed by atoms with Gasteiger partial charge in [0.25, 0.3) is 5.69 Å². The molecule has 2 aromatic rings. The maximum absolute atomic E-state index is 10.7. The maximum atomic E-state index is 10.7. The molecule has 0 atom stereocenters. The minimum atomic E-state index is -0.530. The van der Waals surface area contributed by atoms with E-state index in [4.69, 9.17) is 0 Å². The average molecular weight is 292 g/mol. The molecule has 0 unspecified atom stereocenters. The molecule has 0 aliphatic carbocycles. The predicted molar refractivity (Wildman–Crippen MR) is 77.6 cm³/mol.